The molecule has 0 saturated carbocycles. The van der Waals surface area contributed by atoms with Gasteiger partial charge < -0.3 is 9.84 Å². The minimum Gasteiger partial charge on any atom is -0.507 e. The van der Waals surface area contributed by atoms with Gasteiger partial charge in [-0.05, 0) is 61.4 Å². The van der Waals surface area contributed by atoms with Crippen molar-refractivity contribution in [2.75, 3.05) is 11.5 Å². The molecule has 0 aliphatic carbocycles. The second-order valence-electron chi connectivity index (χ2n) is 9.04. The predicted octanol–water partition coefficient (Wildman–Crippen LogP) is 9.11. The van der Waals surface area contributed by atoms with Crippen molar-refractivity contribution in [2.45, 2.75) is 101 Å². The number of aromatic hydroxyl groups is 1. The highest BCUT2D eigenvalue weighted by Gasteiger charge is 2.13. The molecule has 2 rings (SSSR count). The van der Waals surface area contributed by atoms with Gasteiger partial charge in [0.2, 0.25) is 0 Å². The number of rotatable bonds is 17. The molecule has 0 atom stereocenters. The van der Waals surface area contributed by atoms with Crippen molar-refractivity contribution in [2.24, 2.45) is 0 Å². The molecular weight excluding hydrogens is 460 g/mol. The third-order valence-corrected chi connectivity index (χ3v) is 7.91. The Hall–Kier alpha value is -1.59. The predicted molar refractivity (Wildman–Crippen MR) is 148 cm³/mol. The van der Waals surface area contributed by atoms with E-state index in [0.717, 1.165) is 32.4 Å². The van der Waals surface area contributed by atoms with Gasteiger partial charge in [-0.3, -0.25) is 4.79 Å². The number of benzene rings is 2. The van der Waals surface area contributed by atoms with Crippen LogP contribution in [-0.4, -0.2) is 22.6 Å². The number of aryl methyl sites for hydroxylation is 2. The Morgan fingerprint density at radius 1 is 0.794 bits per heavy atom. The summed E-state index contributed by atoms with van der Waals surface area (Å²) in [5.41, 5.74) is 2.16. The number of carbonyl (C=O) groups is 1. The van der Waals surface area contributed by atoms with E-state index in [1.165, 1.54) is 76.0 Å². The zero-order chi connectivity index (χ0) is 24.6. The first-order valence-electron chi connectivity index (χ1n) is 12.9. The van der Waals surface area contributed by atoms with Crippen LogP contribution in [0, 0.1) is 13.8 Å². The first kappa shape index (κ1) is 28.6. The fourth-order valence-electron chi connectivity index (χ4n) is 3.72. The van der Waals surface area contributed by atoms with Crippen LogP contribution in [0.1, 0.15) is 88.7 Å². The summed E-state index contributed by atoms with van der Waals surface area (Å²) in [5.74, 6) is 2.50. The Balaban J connectivity index is 1.64. The molecule has 0 unspecified atom stereocenters. The summed E-state index contributed by atoms with van der Waals surface area (Å²) in [7, 11) is 0. The maximum atomic E-state index is 12.4. The molecule has 34 heavy (non-hydrogen) atoms. The lowest BCUT2D eigenvalue weighted by atomic mass is 10.1. The molecule has 0 heterocycles. The van der Waals surface area contributed by atoms with E-state index in [0.29, 0.717) is 12.2 Å². The van der Waals surface area contributed by atoms with Crippen molar-refractivity contribution in [3.8, 4) is 11.5 Å². The molecule has 0 aromatic heterocycles. The van der Waals surface area contributed by atoms with Crippen LogP contribution in [0.3, 0.4) is 0 Å². The molecule has 2 aromatic rings. The fraction of sp³-hybridized carbons (Fsp3) is 0.552. The van der Waals surface area contributed by atoms with Crippen molar-refractivity contribution in [3.63, 3.8) is 0 Å². The molecule has 0 radical (unpaired) electrons. The molecule has 188 valence electrons. The highest BCUT2D eigenvalue weighted by atomic mass is 32.2. The van der Waals surface area contributed by atoms with Gasteiger partial charge in [0.25, 0.3) is 0 Å². The Morgan fingerprint density at radius 2 is 1.38 bits per heavy atom. The molecule has 0 spiro atoms. The molecule has 5 heteroatoms. The van der Waals surface area contributed by atoms with Crippen molar-refractivity contribution < 1.29 is 14.6 Å². The molecule has 0 saturated heterocycles. The number of phenols is 1. The van der Waals surface area contributed by atoms with Crippen LogP contribution in [0.25, 0.3) is 0 Å². The van der Waals surface area contributed by atoms with Crippen molar-refractivity contribution >= 4 is 29.5 Å². The van der Waals surface area contributed by atoms with E-state index in [4.69, 9.17) is 4.74 Å². The molecule has 0 amide bonds. The second-order valence-corrected chi connectivity index (χ2v) is 11.4. The zero-order valence-electron chi connectivity index (χ0n) is 21.2. The van der Waals surface area contributed by atoms with Gasteiger partial charge >= 0.3 is 5.97 Å². The fourth-order valence-corrected chi connectivity index (χ4v) is 5.76. The number of hydrogen-bond donors (Lipinski definition) is 1. The van der Waals surface area contributed by atoms with E-state index in [9.17, 15) is 9.90 Å². The van der Waals surface area contributed by atoms with Gasteiger partial charge in [0.15, 0.2) is 0 Å². The highest BCUT2D eigenvalue weighted by Crippen LogP contribution is 2.40. The highest BCUT2D eigenvalue weighted by molar-refractivity contribution is 7.99. The Morgan fingerprint density at radius 3 is 2.06 bits per heavy atom. The quantitative estimate of drug-likeness (QED) is 0.133. The summed E-state index contributed by atoms with van der Waals surface area (Å²) in [5, 5.41) is 10.2. The van der Waals surface area contributed by atoms with E-state index in [1.807, 2.05) is 55.9 Å². The van der Waals surface area contributed by atoms with E-state index in [-0.39, 0.29) is 11.7 Å². The summed E-state index contributed by atoms with van der Waals surface area (Å²) in [6.45, 7) is 6.27. The smallest absolute Gasteiger partial charge is 0.312 e. The van der Waals surface area contributed by atoms with E-state index >= 15 is 0 Å². The number of ether oxygens (including phenoxy) is 1. The Bertz CT molecular complexity index is 866. The molecule has 3 nitrogen and oxygen atoms in total. The number of unbranched alkanes of at least 4 members (excludes halogenated alkanes) is 9. The first-order valence-corrected chi connectivity index (χ1v) is 14.8. The average molecular weight is 503 g/mol. The molecule has 0 bridgehead atoms. The minimum atomic E-state index is -0.199. The second kappa shape index (κ2) is 16.9. The van der Waals surface area contributed by atoms with Gasteiger partial charge in [0.05, 0.1) is 16.2 Å². The molecule has 0 aliphatic rings. The standard InChI is InChI=1S/C29H42O3S2/c1-4-5-6-7-8-9-10-11-12-13-19-33-20-18-29(31)32-26-17-15-24(3)22-28(26)34-27-21-23(2)14-16-25(27)30/h14-17,21-22,30H,4-13,18-20H2,1-3H3. The van der Waals surface area contributed by atoms with Crippen LogP contribution in [0.4, 0.5) is 0 Å². The Kier molecular flexibility index (Phi) is 14.3. The largest absolute Gasteiger partial charge is 0.507 e. The molecular formula is C29H42O3S2. The number of carbonyl (C=O) groups excluding carboxylic acids is 1. The third kappa shape index (κ3) is 11.7. The monoisotopic (exact) mass is 502 g/mol. The summed E-state index contributed by atoms with van der Waals surface area (Å²) in [6.07, 6.45) is 13.9. The van der Waals surface area contributed by atoms with Crippen molar-refractivity contribution in [1.82, 2.24) is 0 Å². The van der Waals surface area contributed by atoms with Crippen LogP contribution in [0.5, 0.6) is 11.5 Å². The minimum absolute atomic E-state index is 0.199. The molecule has 2 aromatic carbocycles. The summed E-state index contributed by atoms with van der Waals surface area (Å²) in [4.78, 5) is 14.0. The number of esters is 1. The summed E-state index contributed by atoms with van der Waals surface area (Å²) < 4.78 is 5.70. The lowest BCUT2D eigenvalue weighted by Gasteiger charge is -2.12. The van der Waals surface area contributed by atoms with Gasteiger partial charge in [-0.2, -0.15) is 11.8 Å². The Labute approximate surface area is 215 Å². The number of phenolic OH excluding ortho intramolecular Hbond substituents is 1. The average Bonchev–Trinajstić information content (AvgIpc) is 2.81. The normalized spacial score (nSPS) is 11.0. The number of hydrogen-bond acceptors (Lipinski definition) is 5. The van der Waals surface area contributed by atoms with Crippen LogP contribution in [0.2, 0.25) is 0 Å². The van der Waals surface area contributed by atoms with Gasteiger partial charge in [0.1, 0.15) is 11.5 Å². The first-order chi connectivity index (χ1) is 16.5. The summed E-state index contributed by atoms with van der Waals surface area (Å²) in [6, 6.07) is 11.3. The van der Waals surface area contributed by atoms with E-state index < -0.39 is 0 Å². The van der Waals surface area contributed by atoms with Gasteiger partial charge in [0, 0.05) is 5.75 Å². The lowest BCUT2D eigenvalue weighted by Crippen LogP contribution is -2.09. The van der Waals surface area contributed by atoms with E-state index in [1.54, 1.807) is 6.07 Å². The van der Waals surface area contributed by atoms with Crippen molar-refractivity contribution in [1.29, 1.82) is 0 Å². The molecule has 0 fully saturated rings. The zero-order valence-corrected chi connectivity index (χ0v) is 22.9. The topological polar surface area (TPSA) is 46.5 Å². The summed E-state index contributed by atoms with van der Waals surface area (Å²) >= 11 is 3.27. The maximum Gasteiger partial charge on any atom is 0.312 e. The lowest BCUT2D eigenvalue weighted by molar-refractivity contribution is -0.134. The third-order valence-electron chi connectivity index (χ3n) is 5.75. The maximum absolute atomic E-state index is 12.4. The van der Waals surface area contributed by atoms with Gasteiger partial charge in [-0.15, -0.1) is 0 Å². The number of thioether (sulfide) groups is 1. The van der Waals surface area contributed by atoms with E-state index in [2.05, 4.69) is 6.92 Å². The van der Waals surface area contributed by atoms with Crippen LogP contribution in [0.15, 0.2) is 46.2 Å². The van der Waals surface area contributed by atoms with Crippen LogP contribution in [-0.2, 0) is 4.79 Å². The van der Waals surface area contributed by atoms with Crippen LogP contribution < -0.4 is 4.74 Å². The molecule has 1 N–H and O–H groups in total. The van der Waals surface area contributed by atoms with Crippen molar-refractivity contribution in [3.05, 3.63) is 47.5 Å². The van der Waals surface area contributed by atoms with Gasteiger partial charge in [-0.1, -0.05) is 88.6 Å². The van der Waals surface area contributed by atoms with Gasteiger partial charge in [-0.25, -0.2) is 0 Å². The SMILES string of the molecule is CCCCCCCCCCCCSCCC(=O)Oc1ccc(C)cc1Sc1cc(C)ccc1O. The molecule has 0 aliphatic heterocycles. The van der Waals surface area contributed by atoms with Crippen LogP contribution >= 0.6 is 23.5 Å².